The second-order valence-corrected chi connectivity index (χ2v) is 5.87. The summed E-state index contributed by atoms with van der Waals surface area (Å²) in [4.78, 5) is 19.8. The van der Waals surface area contributed by atoms with Gasteiger partial charge in [0.2, 0.25) is 6.75 Å². The monoisotopic (exact) mass is 352 g/mol. The van der Waals surface area contributed by atoms with Crippen LogP contribution in [0.5, 0.6) is 11.5 Å². The highest BCUT2D eigenvalue weighted by Crippen LogP contribution is 2.32. The maximum atomic E-state index is 12.2. The average molecular weight is 352 g/mol. The van der Waals surface area contributed by atoms with Gasteiger partial charge in [-0.05, 0) is 35.4 Å². The number of carbonyl (C=O) groups is 1. The first kappa shape index (κ1) is 13.9. The van der Waals surface area contributed by atoms with E-state index in [1.807, 2.05) is 30.5 Å². The maximum absolute atomic E-state index is 12.2. The third-order valence-electron chi connectivity index (χ3n) is 4.24. The number of esters is 1. The number of fused-ring (bicyclic) bond motifs is 2. The highest BCUT2D eigenvalue weighted by molar-refractivity contribution is 5.87. The Kier molecular flexibility index (Phi) is 3.71. The van der Waals surface area contributed by atoms with Crippen LogP contribution < -0.4 is 9.47 Å². The SMILES string of the molecule is [2H]C1([2H])Oc2ccc(/C=N/[C@H](Cc3c[nH]c4ccccc34)C(=O)OC)cc2O1. The summed E-state index contributed by atoms with van der Waals surface area (Å²) in [5.74, 6) is 0.185. The van der Waals surface area contributed by atoms with Crippen LogP contribution in [-0.2, 0) is 16.0 Å². The van der Waals surface area contributed by atoms with E-state index < -0.39 is 18.8 Å². The van der Waals surface area contributed by atoms with Crippen molar-refractivity contribution in [3.05, 3.63) is 59.8 Å². The molecule has 0 aliphatic carbocycles. The summed E-state index contributed by atoms with van der Waals surface area (Å²) in [6, 6.07) is 12.1. The zero-order chi connectivity index (χ0) is 19.7. The molecule has 0 bridgehead atoms. The summed E-state index contributed by atoms with van der Waals surface area (Å²) in [7, 11) is 1.34. The molecule has 3 aromatic rings. The number of aromatic amines is 1. The van der Waals surface area contributed by atoms with Crippen molar-refractivity contribution in [2.24, 2.45) is 4.99 Å². The number of carbonyl (C=O) groups excluding carboxylic acids is 1. The lowest BCUT2D eigenvalue weighted by Gasteiger charge is -2.09. The number of nitrogens with one attached hydrogen (secondary N) is 1. The van der Waals surface area contributed by atoms with Gasteiger partial charge in [0.15, 0.2) is 17.5 Å². The minimum Gasteiger partial charge on any atom is -0.467 e. The second-order valence-electron chi connectivity index (χ2n) is 5.87. The number of aliphatic imine (C=N–C) groups is 1. The van der Waals surface area contributed by atoms with Crippen LogP contribution in [-0.4, -0.2) is 37.1 Å². The number of para-hydroxylation sites is 1. The van der Waals surface area contributed by atoms with Crippen molar-refractivity contribution in [2.75, 3.05) is 13.9 Å². The van der Waals surface area contributed by atoms with Gasteiger partial charge in [0, 0.05) is 29.7 Å². The summed E-state index contributed by atoms with van der Waals surface area (Å²) in [6.45, 7) is -2.18. The minimum absolute atomic E-state index is 0.292. The maximum Gasteiger partial charge on any atom is 0.330 e. The van der Waals surface area contributed by atoms with Crippen LogP contribution in [0.3, 0.4) is 0 Å². The lowest BCUT2D eigenvalue weighted by atomic mass is 10.1. The summed E-state index contributed by atoms with van der Waals surface area (Å²) in [5, 5.41) is 1.04. The molecule has 1 aromatic heterocycles. The molecule has 0 fully saturated rings. The molecule has 1 aliphatic rings. The van der Waals surface area contributed by atoms with E-state index in [4.69, 9.17) is 17.0 Å². The number of hydrogen-bond donors (Lipinski definition) is 1. The van der Waals surface area contributed by atoms with Crippen LogP contribution >= 0.6 is 0 Å². The van der Waals surface area contributed by atoms with Crippen molar-refractivity contribution in [1.82, 2.24) is 4.98 Å². The Bertz CT molecular complexity index is 1060. The molecule has 0 radical (unpaired) electrons. The smallest absolute Gasteiger partial charge is 0.330 e. The van der Waals surface area contributed by atoms with Crippen LogP contribution in [0.1, 0.15) is 13.9 Å². The first-order valence-corrected chi connectivity index (χ1v) is 8.13. The lowest BCUT2D eigenvalue weighted by Crippen LogP contribution is -2.23. The highest BCUT2D eigenvalue weighted by atomic mass is 16.7. The van der Waals surface area contributed by atoms with E-state index in [1.54, 1.807) is 24.4 Å². The van der Waals surface area contributed by atoms with Gasteiger partial charge in [-0.1, -0.05) is 18.2 Å². The van der Waals surface area contributed by atoms with Crippen molar-refractivity contribution < 1.29 is 21.7 Å². The van der Waals surface area contributed by atoms with Crippen molar-refractivity contribution >= 4 is 23.1 Å². The van der Waals surface area contributed by atoms with Gasteiger partial charge in [0.1, 0.15) is 2.74 Å². The zero-order valence-corrected chi connectivity index (χ0v) is 14.1. The van der Waals surface area contributed by atoms with Gasteiger partial charge in [0.05, 0.1) is 7.11 Å². The van der Waals surface area contributed by atoms with Gasteiger partial charge in [-0.15, -0.1) is 0 Å². The largest absolute Gasteiger partial charge is 0.467 e. The molecular formula is C20H18N2O4. The van der Waals surface area contributed by atoms with E-state index in [1.165, 1.54) is 7.11 Å². The Hall–Kier alpha value is -3.28. The summed E-state index contributed by atoms with van der Waals surface area (Å²) < 4.78 is 30.0. The molecule has 0 unspecified atom stereocenters. The van der Waals surface area contributed by atoms with E-state index in [-0.39, 0.29) is 0 Å². The number of nitrogens with zero attached hydrogens (tertiary/aromatic N) is 1. The van der Waals surface area contributed by atoms with Crippen molar-refractivity contribution in [3.63, 3.8) is 0 Å². The third kappa shape index (κ3) is 3.13. The van der Waals surface area contributed by atoms with Gasteiger partial charge in [-0.2, -0.15) is 0 Å². The highest BCUT2D eigenvalue weighted by Gasteiger charge is 2.20. The number of rotatable bonds is 5. The summed E-state index contributed by atoms with van der Waals surface area (Å²) in [5.41, 5.74) is 2.63. The van der Waals surface area contributed by atoms with E-state index in [2.05, 4.69) is 9.98 Å². The number of benzene rings is 2. The van der Waals surface area contributed by atoms with E-state index in [0.717, 1.165) is 16.5 Å². The number of H-pyrrole nitrogens is 1. The molecule has 26 heavy (non-hydrogen) atoms. The molecule has 2 aromatic carbocycles. The van der Waals surface area contributed by atoms with E-state index in [9.17, 15) is 4.79 Å². The molecule has 4 rings (SSSR count). The number of hydrogen-bond acceptors (Lipinski definition) is 5. The normalized spacial score (nSPS) is 17.1. The Balaban J connectivity index is 1.57. The summed E-state index contributed by atoms with van der Waals surface area (Å²) >= 11 is 0. The number of methoxy groups -OCH3 is 1. The van der Waals surface area contributed by atoms with E-state index in [0.29, 0.717) is 23.5 Å². The Morgan fingerprint density at radius 2 is 2.19 bits per heavy atom. The average Bonchev–Trinajstić information content (AvgIpc) is 3.22. The molecule has 0 amide bonds. The fourth-order valence-electron chi connectivity index (χ4n) is 2.90. The second kappa shape index (κ2) is 6.92. The number of aromatic nitrogens is 1. The number of ether oxygens (including phenoxy) is 3. The molecule has 2 heterocycles. The predicted octanol–water partition coefficient (Wildman–Crippen LogP) is 3.10. The fraction of sp³-hybridized carbons (Fsp3) is 0.200. The minimum atomic E-state index is -2.18. The van der Waals surface area contributed by atoms with Gasteiger partial charge in [-0.25, -0.2) is 4.79 Å². The van der Waals surface area contributed by atoms with Crippen LogP contribution in [0, 0.1) is 0 Å². The first-order valence-electron chi connectivity index (χ1n) is 9.13. The third-order valence-corrected chi connectivity index (χ3v) is 4.24. The quantitative estimate of drug-likeness (QED) is 0.566. The van der Waals surface area contributed by atoms with Gasteiger partial charge in [0.25, 0.3) is 0 Å². The standard InChI is InChI=1S/C20H18N2O4/c1-24-20(23)17(9-14-11-22-16-5-3-2-4-15(14)16)21-10-13-6-7-18-19(8-13)26-12-25-18/h2-8,10-11,17,22H,9,12H2,1H3/b21-10+/t17-/m1/s1/i12D2. The zero-order valence-electron chi connectivity index (χ0n) is 16.1. The van der Waals surface area contributed by atoms with Crippen LogP contribution in [0.15, 0.2) is 53.7 Å². The Labute approximate surface area is 153 Å². The Morgan fingerprint density at radius 1 is 1.35 bits per heavy atom. The van der Waals surface area contributed by atoms with Crippen molar-refractivity contribution in [3.8, 4) is 11.5 Å². The molecule has 6 heteroatoms. The van der Waals surface area contributed by atoms with Crippen LogP contribution in [0.25, 0.3) is 10.9 Å². The molecule has 1 aliphatic heterocycles. The van der Waals surface area contributed by atoms with E-state index >= 15 is 0 Å². The van der Waals surface area contributed by atoms with Gasteiger partial charge in [-0.3, -0.25) is 4.99 Å². The topological polar surface area (TPSA) is 72.9 Å². The van der Waals surface area contributed by atoms with Crippen molar-refractivity contribution in [1.29, 1.82) is 0 Å². The first-order chi connectivity index (χ1) is 13.4. The molecule has 1 atom stereocenters. The molecule has 132 valence electrons. The molecule has 1 N–H and O–H groups in total. The van der Waals surface area contributed by atoms with Crippen LogP contribution in [0.4, 0.5) is 0 Å². The summed E-state index contributed by atoms with van der Waals surface area (Å²) in [6.07, 6.45) is 3.81. The molecular weight excluding hydrogens is 332 g/mol. The predicted molar refractivity (Wildman–Crippen MR) is 98.0 cm³/mol. The van der Waals surface area contributed by atoms with Gasteiger partial charge < -0.3 is 19.2 Å². The molecule has 0 spiro atoms. The molecule has 6 nitrogen and oxygen atoms in total. The molecule has 0 saturated heterocycles. The fourth-order valence-corrected chi connectivity index (χ4v) is 2.90. The Morgan fingerprint density at radius 3 is 3.08 bits per heavy atom. The van der Waals surface area contributed by atoms with Gasteiger partial charge >= 0.3 is 5.97 Å². The van der Waals surface area contributed by atoms with Crippen LogP contribution in [0.2, 0.25) is 0 Å². The molecule has 0 saturated carbocycles. The lowest BCUT2D eigenvalue weighted by molar-refractivity contribution is -0.142. The van der Waals surface area contributed by atoms with Crippen molar-refractivity contribution in [2.45, 2.75) is 12.5 Å².